The Hall–Kier alpha value is -2.10. The van der Waals surface area contributed by atoms with E-state index in [1.807, 2.05) is 32.9 Å². The van der Waals surface area contributed by atoms with Crippen molar-refractivity contribution in [3.8, 4) is 6.07 Å². The molecule has 0 saturated heterocycles. The minimum absolute atomic E-state index is 0.155. The Morgan fingerprint density at radius 2 is 1.92 bits per heavy atom. The summed E-state index contributed by atoms with van der Waals surface area (Å²) in [5.41, 5.74) is 7.01. The first-order valence-electron chi connectivity index (χ1n) is 7.64. The number of benzene rings is 2. The second-order valence-corrected chi connectivity index (χ2v) is 7.45. The number of hydrogen-bond acceptors (Lipinski definition) is 4. The minimum atomic E-state index is -0.155. The minimum Gasteiger partial charge on any atom is -0.272 e. The number of nitrogens with one attached hydrogen (secondary N) is 1. The fourth-order valence-electron chi connectivity index (χ4n) is 2.08. The number of nitrogens with zero attached hydrogens (tertiary/aromatic N) is 2. The van der Waals surface area contributed by atoms with Crippen LogP contribution in [-0.2, 0) is 4.79 Å². The number of nitriles is 1. The number of thioether (sulfide) groups is 1. The predicted octanol–water partition coefficient (Wildman–Crippen LogP) is 4.57. The molecular formula is C19H18BrN3OS. The van der Waals surface area contributed by atoms with Gasteiger partial charge < -0.3 is 0 Å². The molecule has 0 aliphatic carbocycles. The number of aryl methyl sites for hydroxylation is 2. The molecule has 0 aliphatic heterocycles. The molecule has 1 N–H and O–H groups in total. The molecule has 0 bridgehead atoms. The summed E-state index contributed by atoms with van der Waals surface area (Å²) in [4.78, 5) is 13.1. The fraction of sp³-hybridized carbons (Fsp3) is 0.211. The van der Waals surface area contributed by atoms with Crippen LogP contribution in [-0.4, -0.2) is 17.4 Å². The number of hydrogen-bond donors (Lipinski definition) is 1. The van der Waals surface area contributed by atoms with Gasteiger partial charge in [-0.3, -0.25) is 4.79 Å². The lowest BCUT2D eigenvalue weighted by Crippen LogP contribution is -2.21. The molecule has 128 valence electrons. The zero-order chi connectivity index (χ0) is 18.4. The Kier molecular flexibility index (Phi) is 6.80. The molecule has 0 heterocycles. The van der Waals surface area contributed by atoms with E-state index in [-0.39, 0.29) is 5.91 Å². The average molecular weight is 416 g/mol. The van der Waals surface area contributed by atoms with Crippen LogP contribution in [0.4, 0.5) is 0 Å². The number of amides is 1. The Morgan fingerprint density at radius 1 is 1.24 bits per heavy atom. The maximum absolute atomic E-state index is 12.0. The van der Waals surface area contributed by atoms with Gasteiger partial charge in [0.2, 0.25) is 5.91 Å². The van der Waals surface area contributed by atoms with E-state index in [4.69, 9.17) is 5.26 Å². The smallest absolute Gasteiger partial charge is 0.250 e. The van der Waals surface area contributed by atoms with Gasteiger partial charge in [-0.15, -0.1) is 11.8 Å². The normalized spacial score (nSPS) is 11.1. The lowest BCUT2D eigenvalue weighted by atomic mass is 10.1. The summed E-state index contributed by atoms with van der Waals surface area (Å²) in [5.74, 6) is 0.143. The summed E-state index contributed by atoms with van der Waals surface area (Å²) in [6.07, 6.45) is 0. The summed E-state index contributed by atoms with van der Waals surface area (Å²) in [6.45, 7) is 5.87. The quantitative estimate of drug-likeness (QED) is 0.441. The third-order valence-electron chi connectivity index (χ3n) is 3.60. The van der Waals surface area contributed by atoms with Crippen molar-refractivity contribution in [2.24, 2.45) is 5.10 Å². The van der Waals surface area contributed by atoms with Crippen molar-refractivity contribution < 1.29 is 4.79 Å². The van der Waals surface area contributed by atoms with Crippen LogP contribution in [0.2, 0.25) is 0 Å². The van der Waals surface area contributed by atoms with E-state index in [0.29, 0.717) is 17.0 Å². The van der Waals surface area contributed by atoms with E-state index in [0.717, 1.165) is 26.1 Å². The number of carbonyl (C=O) groups is 1. The standard InChI is InChI=1S/C19H18BrN3OS/c1-12-9-18(13(2)8-17(12)20)25-11-19(24)23-22-14(3)16-6-4-15(10-21)5-7-16/h4-9H,11H2,1-3H3,(H,23,24)/b22-14+. The lowest BCUT2D eigenvalue weighted by Gasteiger charge is -2.08. The molecule has 1 amide bonds. The van der Waals surface area contributed by atoms with Crippen molar-refractivity contribution in [3.63, 3.8) is 0 Å². The molecule has 6 heteroatoms. The van der Waals surface area contributed by atoms with Crippen molar-refractivity contribution in [2.45, 2.75) is 25.7 Å². The Labute approximate surface area is 160 Å². The molecule has 0 unspecified atom stereocenters. The van der Waals surface area contributed by atoms with E-state index in [2.05, 4.69) is 44.7 Å². The summed E-state index contributed by atoms with van der Waals surface area (Å²) >= 11 is 5.00. The highest BCUT2D eigenvalue weighted by atomic mass is 79.9. The Bertz CT molecular complexity index is 854. The molecule has 0 radical (unpaired) electrons. The lowest BCUT2D eigenvalue weighted by molar-refractivity contribution is -0.118. The second kappa shape index (κ2) is 8.84. The topological polar surface area (TPSA) is 65.2 Å². The van der Waals surface area contributed by atoms with Gasteiger partial charge in [-0.1, -0.05) is 28.1 Å². The molecule has 0 aliphatic rings. The highest BCUT2D eigenvalue weighted by Gasteiger charge is 2.07. The maximum atomic E-state index is 12.0. The van der Waals surface area contributed by atoms with E-state index >= 15 is 0 Å². The van der Waals surface area contributed by atoms with Crippen LogP contribution in [0.3, 0.4) is 0 Å². The second-order valence-electron chi connectivity index (χ2n) is 5.58. The van der Waals surface area contributed by atoms with Gasteiger partial charge in [-0.25, -0.2) is 5.43 Å². The van der Waals surface area contributed by atoms with Gasteiger partial charge in [-0.2, -0.15) is 10.4 Å². The summed E-state index contributed by atoms with van der Waals surface area (Å²) in [6, 6.07) is 13.3. The van der Waals surface area contributed by atoms with Gasteiger partial charge >= 0.3 is 0 Å². The number of halogens is 1. The number of rotatable bonds is 5. The predicted molar refractivity (Wildman–Crippen MR) is 106 cm³/mol. The molecule has 0 atom stereocenters. The zero-order valence-electron chi connectivity index (χ0n) is 14.3. The average Bonchev–Trinajstić information content (AvgIpc) is 2.61. The van der Waals surface area contributed by atoms with Crippen molar-refractivity contribution in [3.05, 3.63) is 63.1 Å². The molecule has 25 heavy (non-hydrogen) atoms. The first kappa shape index (κ1) is 19.2. The molecule has 4 nitrogen and oxygen atoms in total. The Balaban J connectivity index is 1.93. The molecular weight excluding hydrogens is 398 g/mol. The largest absolute Gasteiger partial charge is 0.272 e. The summed E-state index contributed by atoms with van der Waals surface area (Å²) < 4.78 is 1.07. The third kappa shape index (κ3) is 5.45. The number of carbonyl (C=O) groups excluding carboxylic acids is 1. The molecule has 0 fully saturated rings. The van der Waals surface area contributed by atoms with Gasteiger partial charge in [-0.05, 0) is 61.7 Å². The van der Waals surface area contributed by atoms with Crippen molar-refractivity contribution >= 4 is 39.3 Å². The van der Waals surface area contributed by atoms with Crippen molar-refractivity contribution in [1.29, 1.82) is 5.26 Å². The molecule has 0 spiro atoms. The Morgan fingerprint density at radius 3 is 2.56 bits per heavy atom. The van der Waals surface area contributed by atoms with Crippen LogP contribution in [0.1, 0.15) is 29.2 Å². The zero-order valence-corrected chi connectivity index (χ0v) is 16.7. The summed E-state index contributed by atoms with van der Waals surface area (Å²) in [5, 5.41) is 12.9. The molecule has 2 aromatic rings. The van der Waals surface area contributed by atoms with E-state index < -0.39 is 0 Å². The highest BCUT2D eigenvalue weighted by molar-refractivity contribution is 9.10. The van der Waals surface area contributed by atoms with Crippen LogP contribution in [0, 0.1) is 25.2 Å². The molecule has 0 saturated carbocycles. The van der Waals surface area contributed by atoms with Crippen LogP contribution in [0.25, 0.3) is 0 Å². The monoisotopic (exact) mass is 415 g/mol. The van der Waals surface area contributed by atoms with Crippen molar-refractivity contribution in [1.82, 2.24) is 5.43 Å². The first-order valence-corrected chi connectivity index (χ1v) is 9.41. The molecule has 2 aromatic carbocycles. The summed E-state index contributed by atoms with van der Waals surface area (Å²) in [7, 11) is 0. The van der Waals surface area contributed by atoms with Crippen LogP contribution in [0.15, 0.2) is 50.9 Å². The SMILES string of the molecule is C/C(=N\NC(=O)CSc1cc(C)c(Br)cc1C)c1ccc(C#N)cc1. The fourth-order valence-corrected chi connectivity index (χ4v) is 3.44. The molecule has 2 rings (SSSR count). The first-order chi connectivity index (χ1) is 11.9. The van der Waals surface area contributed by atoms with Gasteiger partial charge in [0.05, 0.1) is 23.1 Å². The van der Waals surface area contributed by atoms with Crippen LogP contribution >= 0.6 is 27.7 Å². The van der Waals surface area contributed by atoms with E-state index in [1.165, 1.54) is 11.8 Å². The van der Waals surface area contributed by atoms with Gasteiger partial charge in [0.1, 0.15) is 0 Å². The van der Waals surface area contributed by atoms with Crippen LogP contribution in [0.5, 0.6) is 0 Å². The van der Waals surface area contributed by atoms with Gasteiger partial charge in [0.25, 0.3) is 0 Å². The molecule has 0 aromatic heterocycles. The van der Waals surface area contributed by atoms with E-state index in [9.17, 15) is 4.79 Å². The van der Waals surface area contributed by atoms with E-state index in [1.54, 1.807) is 12.1 Å². The van der Waals surface area contributed by atoms with Gasteiger partial charge in [0, 0.05) is 9.37 Å². The number of hydrazone groups is 1. The van der Waals surface area contributed by atoms with Gasteiger partial charge in [0.15, 0.2) is 0 Å². The van der Waals surface area contributed by atoms with Crippen molar-refractivity contribution in [2.75, 3.05) is 5.75 Å². The van der Waals surface area contributed by atoms with Crippen LogP contribution < -0.4 is 5.43 Å². The third-order valence-corrected chi connectivity index (χ3v) is 5.61. The maximum Gasteiger partial charge on any atom is 0.250 e. The highest BCUT2D eigenvalue weighted by Crippen LogP contribution is 2.28.